The number of likely N-dealkylation sites (N-methyl/N-ethyl adjacent to an activating group) is 4. The van der Waals surface area contributed by atoms with Crippen LogP contribution in [0.1, 0.15) is 23.2 Å². The van der Waals surface area contributed by atoms with E-state index in [9.17, 15) is 9.59 Å². The van der Waals surface area contributed by atoms with Gasteiger partial charge in [0, 0.05) is 27.2 Å². The zero-order valence-corrected chi connectivity index (χ0v) is 18.4. The lowest BCUT2D eigenvalue weighted by Crippen LogP contribution is -2.49. The zero-order chi connectivity index (χ0) is 21.7. The first-order valence-electron chi connectivity index (χ1n) is 10.4. The summed E-state index contributed by atoms with van der Waals surface area (Å²) in [7, 11) is 7.59. The van der Waals surface area contributed by atoms with E-state index in [1.165, 1.54) is 0 Å². The quantitative estimate of drug-likeness (QED) is 0.765. The van der Waals surface area contributed by atoms with E-state index in [4.69, 9.17) is 0 Å². The molecule has 2 atom stereocenters. The number of carbonyl (C=O) groups is 2. The van der Waals surface area contributed by atoms with E-state index in [0.717, 1.165) is 24.2 Å². The van der Waals surface area contributed by atoms with Crippen LogP contribution in [0.15, 0.2) is 60.7 Å². The second kappa shape index (κ2) is 9.87. The fourth-order valence-electron chi connectivity index (χ4n) is 4.03. The maximum Gasteiger partial charge on any atom is 0.237 e. The molecule has 2 aromatic carbocycles. The van der Waals surface area contributed by atoms with Crippen molar-refractivity contribution in [2.45, 2.75) is 12.1 Å². The Bertz CT molecular complexity index is 771. The Morgan fingerprint density at radius 1 is 0.600 bits per heavy atom. The smallest absolute Gasteiger partial charge is 0.237 e. The molecule has 1 saturated heterocycles. The Morgan fingerprint density at radius 3 is 1.27 bits per heavy atom. The second-order valence-corrected chi connectivity index (χ2v) is 8.20. The molecular formula is C24H32N4O2. The molecule has 3 rings (SSSR count). The molecule has 2 aromatic rings. The van der Waals surface area contributed by atoms with Gasteiger partial charge in [-0.2, -0.15) is 0 Å². The maximum atomic E-state index is 13.2. The van der Waals surface area contributed by atoms with Gasteiger partial charge in [-0.3, -0.25) is 19.4 Å². The summed E-state index contributed by atoms with van der Waals surface area (Å²) in [6, 6.07) is 19.4. The van der Waals surface area contributed by atoms with Gasteiger partial charge in [-0.1, -0.05) is 60.7 Å². The maximum absolute atomic E-state index is 13.2. The van der Waals surface area contributed by atoms with Crippen LogP contribution in [0.25, 0.3) is 0 Å². The Hall–Kier alpha value is -2.70. The number of benzene rings is 2. The molecule has 0 bridgehead atoms. The first-order chi connectivity index (χ1) is 14.4. The summed E-state index contributed by atoms with van der Waals surface area (Å²) in [5.41, 5.74) is 2.02. The van der Waals surface area contributed by atoms with E-state index in [1.54, 1.807) is 9.80 Å². The van der Waals surface area contributed by atoms with Crippen LogP contribution in [0.5, 0.6) is 0 Å². The number of hydrogen-bond acceptors (Lipinski definition) is 4. The molecule has 6 heteroatoms. The van der Waals surface area contributed by atoms with Crippen LogP contribution in [-0.4, -0.2) is 85.8 Å². The first-order valence-corrected chi connectivity index (χ1v) is 10.4. The second-order valence-electron chi connectivity index (χ2n) is 8.20. The summed E-state index contributed by atoms with van der Waals surface area (Å²) in [5.74, 6) is 0.0766. The lowest BCUT2D eigenvalue weighted by molar-refractivity contribution is -0.141. The normalized spacial score (nSPS) is 23.2. The molecule has 0 unspecified atom stereocenters. The Kier molecular flexibility index (Phi) is 7.24. The van der Waals surface area contributed by atoms with Crippen molar-refractivity contribution in [2.75, 3.05) is 54.4 Å². The van der Waals surface area contributed by atoms with Gasteiger partial charge >= 0.3 is 0 Å². The van der Waals surface area contributed by atoms with Crippen molar-refractivity contribution in [3.63, 3.8) is 0 Å². The molecule has 1 aliphatic heterocycles. The van der Waals surface area contributed by atoms with Gasteiger partial charge in [0.25, 0.3) is 0 Å². The van der Waals surface area contributed by atoms with E-state index in [1.807, 2.05) is 98.7 Å². The molecule has 0 saturated carbocycles. The van der Waals surface area contributed by atoms with Crippen molar-refractivity contribution >= 4 is 11.8 Å². The lowest BCUT2D eigenvalue weighted by Gasteiger charge is -2.41. The van der Waals surface area contributed by atoms with Crippen LogP contribution in [0, 0.1) is 0 Å². The van der Waals surface area contributed by atoms with Crippen molar-refractivity contribution in [1.82, 2.24) is 19.6 Å². The summed E-state index contributed by atoms with van der Waals surface area (Å²) in [6.07, 6.45) is 0. The van der Waals surface area contributed by atoms with Crippen LogP contribution in [0.2, 0.25) is 0 Å². The molecule has 1 fully saturated rings. The average molecular weight is 409 g/mol. The van der Waals surface area contributed by atoms with E-state index in [2.05, 4.69) is 0 Å². The van der Waals surface area contributed by atoms with Gasteiger partial charge in [-0.25, -0.2) is 0 Å². The molecule has 1 heterocycles. The van der Waals surface area contributed by atoms with Gasteiger partial charge in [0.05, 0.1) is 25.2 Å². The predicted molar refractivity (Wildman–Crippen MR) is 119 cm³/mol. The molecule has 1 aliphatic rings. The van der Waals surface area contributed by atoms with Crippen molar-refractivity contribution < 1.29 is 9.59 Å². The molecule has 0 N–H and O–H groups in total. The molecule has 0 spiro atoms. The van der Waals surface area contributed by atoms with Gasteiger partial charge in [-0.05, 0) is 25.2 Å². The van der Waals surface area contributed by atoms with Crippen molar-refractivity contribution in [3.05, 3.63) is 71.8 Å². The van der Waals surface area contributed by atoms with E-state index >= 15 is 0 Å². The van der Waals surface area contributed by atoms with E-state index in [0.29, 0.717) is 13.1 Å². The number of amides is 2. The highest BCUT2D eigenvalue weighted by Crippen LogP contribution is 2.37. The average Bonchev–Trinajstić information content (AvgIpc) is 2.75. The van der Waals surface area contributed by atoms with E-state index in [-0.39, 0.29) is 23.9 Å². The third-order valence-corrected chi connectivity index (χ3v) is 5.88. The highest BCUT2D eigenvalue weighted by atomic mass is 16.2. The fraction of sp³-hybridized carbons (Fsp3) is 0.417. The topological polar surface area (TPSA) is 47.1 Å². The number of nitrogens with zero attached hydrogens (tertiary/aromatic N) is 4. The summed E-state index contributed by atoms with van der Waals surface area (Å²) >= 11 is 0. The van der Waals surface area contributed by atoms with Crippen LogP contribution in [-0.2, 0) is 9.59 Å². The molecule has 0 radical (unpaired) electrons. The molecular weight excluding hydrogens is 376 g/mol. The van der Waals surface area contributed by atoms with Crippen LogP contribution in [0.3, 0.4) is 0 Å². The molecule has 2 amide bonds. The van der Waals surface area contributed by atoms with Gasteiger partial charge in [0.2, 0.25) is 11.8 Å². The van der Waals surface area contributed by atoms with Crippen molar-refractivity contribution in [3.8, 4) is 0 Å². The van der Waals surface area contributed by atoms with Gasteiger partial charge in [0.15, 0.2) is 0 Å². The third-order valence-electron chi connectivity index (χ3n) is 5.88. The summed E-state index contributed by atoms with van der Waals surface area (Å²) < 4.78 is 0. The summed E-state index contributed by atoms with van der Waals surface area (Å²) in [5, 5.41) is 0. The standard InChI is InChI=1S/C24H32N4O2/c1-25-15-16-26(2)18-22(30)28(4)24(20-13-9-6-10-14-20)23(27(3)21(29)17-25)19-11-7-5-8-12-19/h5-14,23-24H,15-18H2,1-4H3/t23-,24-/m0/s1. The van der Waals surface area contributed by atoms with Crippen LogP contribution in [0.4, 0.5) is 0 Å². The fourth-order valence-corrected chi connectivity index (χ4v) is 4.03. The van der Waals surface area contributed by atoms with Crippen molar-refractivity contribution in [1.29, 1.82) is 0 Å². The van der Waals surface area contributed by atoms with Crippen LogP contribution >= 0.6 is 0 Å². The molecule has 6 nitrogen and oxygen atoms in total. The minimum atomic E-state index is -0.298. The van der Waals surface area contributed by atoms with Crippen molar-refractivity contribution in [2.24, 2.45) is 0 Å². The van der Waals surface area contributed by atoms with E-state index < -0.39 is 0 Å². The molecule has 160 valence electrons. The Labute approximate surface area is 179 Å². The number of hydrogen-bond donors (Lipinski definition) is 0. The van der Waals surface area contributed by atoms with Gasteiger partial charge in [-0.15, -0.1) is 0 Å². The number of rotatable bonds is 2. The van der Waals surface area contributed by atoms with Gasteiger partial charge < -0.3 is 9.80 Å². The molecule has 0 aliphatic carbocycles. The lowest BCUT2D eigenvalue weighted by atomic mass is 9.90. The monoisotopic (exact) mass is 408 g/mol. The zero-order valence-electron chi connectivity index (χ0n) is 18.4. The highest BCUT2D eigenvalue weighted by molar-refractivity contribution is 5.80. The van der Waals surface area contributed by atoms with Crippen LogP contribution < -0.4 is 0 Å². The summed E-state index contributed by atoms with van der Waals surface area (Å²) in [4.78, 5) is 34.1. The third kappa shape index (κ3) is 5.07. The molecule has 0 aromatic heterocycles. The first kappa shape index (κ1) is 22.0. The predicted octanol–water partition coefficient (Wildman–Crippen LogP) is 2.26. The number of carbonyl (C=O) groups excluding carboxylic acids is 2. The summed E-state index contributed by atoms with van der Waals surface area (Å²) in [6.45, 7) is 2.13. The minimum Gasteiger partial charge on any atom is -0.335 e. The minimum absolute atomic E-state index is 0.0383. The van der Waals surface area contributed by atoms with Gasteiger partial charge in [0.1, 0.15) is 0 Å². The highest BCUT2D eigenvalue weighted by Gasteiger charge is 2.36. The Morgan fingerprint density at radius 2 is 0.933 bits per heavy atom. The Balaban J connectivity index is 2.13. The molecule has 30 heavy (non-hydrogen) atoms. The SMILES string of the molecule is CN1CCN(C)CC(=O)N(C)[C@@H](c2ccccc2)[C@H](c2ccccc2)N(C)C(=O)C1. The largest absolute Gasteiger partial charge is 0.335 e.